The Labute approximate surface area is 427 Å². The van der Waals surface area contributed by atoms with Gasteiger partial charge >= 0.3 is 16.8 Å². The summed E-state index contributed by atoms with van der Waals surface area (Å²) < 4.78 is 47.1. The fourth-order valence-corrected chi connectivity index (χ4v) is 11.9. The standard InChI is InChI=1S/C63H56O8P2/c1-38-26-27-39-18-10-14-22-45(39)56(38)57-46-23-15-11-19-40(46)28-31-53(57)67-72(64)70-60-49(34-43(65-8)36-51(60)62(2,3)4)50-35-44(66-9)37-52(63(5,6)7)61(50)71-73-68-54-32-29-41-20-12-16-24-47(41)58(54)59-48-25-17-13-21-42(48)30-33-55(59)69-73/h10-37,64H,1-9H3. The molecule has 0 aliphatic rings. The minimum atomic E-state index is -2.65. The van der Waals surface area contributed by atoms with E-state index in [0.717, 1.165) is 81.7 Å². The average molecular weight is 1000 g/mol. The molecule has 0 fully saturated rings. The van der Waals surface area contributed by atoms with Crippen molar-refractivity contribution >= 4 is 81.9 Å². The largest absolute Gasteiger partial charge is 0.497 e. The van der Waals surface area contributed by atoms with Gasteiger partial charge in [0.25, 0.3) is 0 Å². The van der Waals surface area contributed by atoms with Crippen LogP contribution in [0.25, 0.3) is 87.3 Å². The number of fused-ring (bicyclic) bond motifs is 9. The molecule has 1 atom stereocenters. The summed E-state index contributed by atoms with van der Waals surface area (Å²) in [6, 6.07) is 57.4. The van der Waals surface area contributed by atoms with Crippen LogP contribution in [0.5, 0.6) is 28.7 Å². The van der Waals surface area contributed by atoms with E-state index in [-0.39, 0.29) is 0 Å². The average Bonchev–Trinajstić information content (AvgIpc) is 3.55. The number of hydrogen-bond acceptors (Lipinski definition) is 8. The third-order valence-electron chi connectivity index (χ3n) is 13.7. The van der Waals surface area contributed by atoms with Crippen molar-refractivity contribution in [2.45, 2.75) is 59.3 Å². The molecular formula is C63H56O8P2. The van der Waals surface area contributed by atoms with E-state index in [0.29, 0.717) is 51.0 Å². The van der Waals surface area contributed by atoms with E-state index < -0.39 is 27.7 Å². The van der Waals surface area contributed by atoms with E-state index in [1.165, 1.54) is 0 Å². The van der Waals surface area contributed by atoms with Crippen molar-refractivity contribution in [1.29, 1.82) is 0 Å². The highest BCUT2D eigenvalue weighted by atomic mass is 31.2. The van der Waals surface area contributed by atoms with Gasteiger partial charge in [-0.2, -0.15) is 0 Å². The van der Waals surface area contributed by atoms with Gasteiger partial charge in [0.15, 0.2) is 0 Å². The Morgan fingerprint density at radius 2 is 0.890 bits per heavy atom. The highest BCUT2D eigenvalue weighted by molar-refractivity contribution is 7.41. The quantitative estimate of drug-likeness (QED) is 0.135. The molecule has 0 radical (unpaired) electrons. The predicted octanol–water partition coefficient (Wildman–Crippen LogP) is 18.7. The van der Waals surface area contributed by atoms with E-state index >= 15 is 0 Å². The SMILES string of the molecule is COc1cc(-c2cc(OC)cc(C(C)(C)C)c2Op2oc3ccc4ccccc4c3c3c(ccc4ccccc43)o2)c(OP(O)Oc2ccc3ccccc3c2-c2c(C)ccc3ccccc23)c(C(C)(C)C)c1. The zero-order valence-electron chi connectivity index (χ0n) is 42.4. The molecule has 1 aromatic heterocycles. The van der Waals surface area contributed by atoms with Gasteiger partial charge in [0.05, 0.1) is 14.2 Å². The van der Waals surface area contributed by atoms with E-state index in [9.17, 15) is 4.89 Å². The van der Waals surface area contributed by atoms with E-state index in [4.69, 9.17) is 31.4 Å². The molecule has 366 valence electrons. The molecule has 0 amide bonds. The molecule has 0 aliphatic heterocycles. The van der Waals surface area contributed by atoms with Gasteiger partial charge in [0.1, 0.15) is 39.9 Å². The molecule has 0 spiro atoms. The number of rotatable bonds is 10. The van der Waals surface area contributed by atoms with Crippen LogP contribution < -0.4 is 23.0 Å². The Hall–Kier alpha value is -7.47. The summed E-state index contributed by atoms with van der Waals surface area (Å²) in [6.07, 6.45) is 0. The first kappa shape index (κ1) is 47.8. The maximum Gasteiger partial charge on any atom is 0.460 e. The molecule has 73 heavy (non-hydrogen) atoms. The summed E-state index contributed by atoms with van der Waals surface area (Å²) in [4.78, 5) is 12.4. The Balaban J connectivity index is 1.12. The van der Waals surface area contributed by atoms with Gasteiger partial charge in [0, 0.05) is 38.6 Å². The molecule has 0 saturated heterocycles. The van der Waals surface area contributed by atoms with Crippen LogP contribution in [-0.2, 0) is 10.8 Å². The Morgan fingerprint density at radius 3 is 1.40 bits per heavy atom. The predicted molar refractivity (Wildman–Crippen MR) is 302 cm³/mol. The molecule has 0 bridgehead atoms. The monoisotopic (exact) mass is 1000 g/mol. The zero-order valence-corrected chi connectivity index (χ0v) is 44.2. The zero-order chi connectivity index (χ0) is 50.8. The van der Waals surface area contributed by atoms with Crippen LogP contribution >= 0.6 is 16.8 Å². The molecule has 1 heterocycles. The summed E-state index contributed by atoms with van der Waals surface area (Å²) in [7, 11) is -1.53. The maximum absolute atomic E-state index is 12.4. The minimum absolute atomic E-state index is 0.396. The summed E-state index contributed by atoms with van der Waals surface area (Å²) in [5, 5.41) is 10.3. The second-order valence-corrected chi connectivity index (χ2v) is 22.3. The molecule has 11 aromatic rings. The van der Waals surface area contributed by atoms with Crippen molar-refractivity contribution in [2.24, 2.45) is 0 Å². The molecule has 8 nitrogen and oxygen atoms in total. The first-order chi connectivity index (χ1) is 35.2. The van der Waals surface area contributed by atoms with Crippen LogP contribution in [0.2, 0.25) is 0 Å². The normalized spacial score (nSPS) is 12.5. The molecule has 11 rings (SSSR count). The summed E-state index contributed by atoms with van der Waals surface area (Å²) in [5.74, 6) is 2.56. The number of ether oxygens (including phenoxy) is 2. The summed E-state index contributed by atoms with van der Waals surface area (Å²) in [5.41, 5.74) is 6.04. The fraction of sp³-hybridized carbons (Fsp3) is 0.175. The van der Waals surface area contributed by atoms with Crippen molar-refractivity contribution in [3.8, 4) is 51.0 Å². The highest BCUT2D eigenvalue weighted by Gasteiger charge is 2.33. The van der Waals surface area contributed by atoms with Crippen LogP contribution in [0.4, 0.5) is 0 Å². The molecule has 0 saturated carbocycles. The lowest BCUT2D eigenvalue weighted by atomic mass is 9.81. The van der Waals surface area contributed by atoms with Crippen LogP contribution in [0, 0.1) is 6.92 Å². The van der Waals surface area contributed by atoms with Crippen molar-refractivity contribution in [3.63, 3.8) is 0 Å². The fourth-order valence-electron chi connectivity index (χ4n) is 10.1. The Bertz CT molecular complexity index is 3900. The number of hydrogen-bond donors (Lipinski definition) is 1. The summed E-state index contributed by atoms with van der Waals surface area (Å²) in [6.45, 7) is 14.8. The minimum Gasteiger partial charge on any atom is -0.497 e. The lowest BCUT2D eigenvalue weighted by Gasteiger charge is -2.29. The van der Waals surface area contributed by atoms with Crippen molar-refractivity contribution in [2.75, 3.05) is 14.2 Å². The van der Waals surface area contributed by atoms with Gasteiger partial charge in [-0.1, -0.05) is 169 Å². The van der Waals surface area contributed by atoms with E-state index in [1.807, 2.05) is 91.0 Å². The van der Waals surface area contributed by atoms with Gasteiger partial charge in [-0.15, -0.1) is 0 Å². The van der Waals surface area contributed by atoms with Crippen LogP contribution in [0.3, 0.4) is 0 Å². The van der Waals surface area contributed by atoms with Crippen molar-refractivity contribution < 1.29 is 36.3 Å². The third-order valence-corrected chi connectivity index (χ3v) is 15.4. The van der Waals surface area contributed by atoms with Crippen molar-refractivity contribution in [3.05, 3.63) is 187 Å². The van der Waals surface area contributed by atoms with Gasteiger partial charge in [0.2, 0.25) is 0 Å². The summed E-state index contributed by atoms with van der Waals surface area (Å²) >= 11 is 0. The molecule has 1 unspecified atom stereocenters. The molecule has 1 N–H and O–H groups in total. The molecule has 0 aliphatic carbocycles. The smallest absolute Gasteiger partial charge is 0.460 e. The van der Waals surface area contributed by atoms with Crippen LogP contribution in [0.1, 0.15) is 58.2 Å². The van der Waals surface area contributed by atoms with Gasteiger partial charge in [-0.25, -0.2) is 0 Å². The van der Waals surface area contributed by atoms with Gasteiger partial charge in [-0.3, -0.25) is 0 Å². The number of aryl methyl sites for hydroxylation is 1. The van der Waals surface area contributed by atoms with Crippen LogP contribution in [-0.4, -0.2) is 19.1 Å². The van der Waals surface area contributed by atoms with Crippen molar-refractivity contribution in [1.82, 2.24) is 0 Å². The second kappa shape index (κ2) is 18.9. The van der Waals surface area contributed by atoms with Gasteiger partial charge in [-0.05, 0) is 114 Å². The first-order valence-corrected chi connectivity index (χ1v) is 26.6. The lowest BCUT2D eigenvalue weighted by Crippen LogP contribution is -2.15. The van der Waals surface area contributed by atoms with E-state index in [1.54, 1.807) is 14.2 Å². The lowest BCUT2D eigenvalue weighted by molar-refractivity contribution is 0.375. The second-order valence-electron chi connectivity index (χ2n) is 20.5. The maximum atomic E-state index is 12.4. The Morgan fingerprint density at radius 1 is 0.466 bits per heavy atom. The number of benzene rings is 10. The molecule has 10 heteroatoms. The topological polar surface area (TPSA) is 92.7 Å². The third kappa shape index (κ3) is 8.88. The first-order valence-electron chi connectivity index (χ1n) is 24.4. The van der Waals surface area contributed by atoms with E-state index in [2.05, 4.69) is 127 Å². The highest BCUT2D eigenvalue weighted by Crippen LogP contribution is 2.55. The Kier molecular flexibility index (Phi) is 12.4. The molecular weight excluding hydrogens is 947 g/mol. The number of methoxy groups -OCH3 is 2. The molecule has 10 aromatic carbocycles. The van der Waals surface area contributed by atoms with Crippen LogP contribution in [0.15, 0.2) is 178 Å². The van der Waals surface area contributed by atoms with Gasteiger partial charge < -0.3 is 36.3 Å².